The lowest BCUT2D eigenvalue weighted by atomic mass is 10.2. The molecular formula is C12H19N5O2. The fourth-order valence-corrected chi connectivity index (χ4v) is 2.08. The largest absolute Gasteiger partial charge is 0.369 e. The number of nitrogens with one attached hydrogen (secondary N) is 2. The summed E-state index contributed by atoms with van der Waals surface area (Å²) in [5.74, 6) is 0.562. The van der Waals surface area contributed by atoms with Gasteiger partial charge in [-0.15, -0.1) is 0 Å². The Labute approximate surface area is 112 Å². The molecule has 1 aliphatic heterocycles. The van der Waals surface area contributed by atoms with Gasteiger partial charge in [0.05, 0.1) is 11.0 Å². The maximum Gasteiger partial charge on any atom is 0.277 e. The molecule has 1 saturated heterocycles. The summed E-state index contributed by atoms with van der Waals surface area (Å²) in [6, 6.07) is 1.49. The van der Waals surface area contributed by atoms with Crippen LogP contribution in [-0.2, 0) is 0 Å². The number of aromatic nitrogens is 1. The van der Waals surface area contributed by atoms with E-state index in [2.05, 4.69) is 20.5 Å². The molecule has 0 radical (unpaired) electrons. The fourth-order valence-electron chi connectivity index (χ4n) is 2.08. The Hall–Kier alpha value is -1.73. The minimum atomic E-state index is -0.376. The van der Waals surface area contributed by atoms with Crippen LogP contribution in [0.15, 0.2) is 12.3 Å². The molecule has 1 aliphatic rings. The lowest BCUT2D eigenvalue weighted by Gasteiger charge is -2.27. The van der Waals surface area contributed by atoms with E-state index >= 15 is 0 Å². The first-order valence-corrected chi connectivity index (χ1v) is 6.45. The van der Waals surface area contributed by atoms with Crippen LogP contribution in [0.1, 0.15) is 5.56 Å². The smallest absolute Gasteiger partial charge is 0.277 e. The van der Waals surface area contributed by atoms with Gasteiger partial charge in [-0.1, -0.05) is 0 Å². The quantitative estimate of drug-likeness (QED) is 0.599. The maximum atomic E-state index is 10.8. The average Bonchev–Trinajstić information content (AvgIpc) is 2.41. The van der Waals surface area contributed by atoms with E-state index in [9.17, 15) is 10.1 Å². The van der Waals surface area contributed by atoms with E-state index in [0.29, 0.717) is 11.4 Å². The topological polar surface area (TPSA) is 83.3 Å². The highest BCUT2D eigenvalue weighted by Gasteiger charge is 2.12. The van der Waals surface area contributed by atoms with Crippen molar-refractivity contribution in [1.82, 2.24) is 15.2 Å². The number of hydrogen-bond acceptors (Lipinski definition) is 6. The summed E-state index contributed by atoms with van der Waals surface area (Å²) < 4.78 is 0. The molecule has 2 rings (SSSR count). The third-order valence-corrected chi connectivity index (χ3v) is 3.22. The summed E-state index contributed by atoms with van der Waals surface area (Å²) in [4.78, 5) is 17.0. The van der Waals surface area contributed by atoms with E-state index in [-0.39, 0.29) is 10.6 Å². The number of anilines is 1. The molecule has 2 heterocycles. The standard InChI is InChI=1S/C12H19N5O2/c1-10-9-15-12(8-11(10)17(18)19)14-4-7-16-5-2-13-3-6-16/h8-9,13H,2-7H2,1H3,(H,14,15). The zero-order chi connectivity index (χ0) is 13.7. The Bertz CT molecular complexity index is 446. The molecule has 0 amide bonds. The van der Waals surface area contributed by atoms with Crippen molar-refractivity contribution < 1.29 is 4.92 Å². The highest BCUT2D eigenvalue weighted by Crippen LogP contribution is 2.19. The van der Waals surface area contributed by atoms with Gasteiger partial charge in [-0.3, -0.25) is 15.0 Å². The zero-order valence-corrected chi connectivity index (χ0v) is 11.1. The van der Waals surface area contributed by atoms with Gasteiger partial charge < -0.3 is 10.6 Å². The second-order valence-corrected chi connectivity index (χ2v) is 4.63. The first-order valence-electron chi connectivity index (χ1n) is 6.45. The lowest BCUT2D eigenvalue weighted by molar-refractivity contribution is -0.385. The summed E-state index contributed by atoms with van der Waals surface area (Å²) >= 11 is 0. The first kappa shape index (κ1) is 13.7. The molecule has 0 atom stereocenters. The van der Waals surface area contributed by atoms with Crippen LogP contribution >= 0.6 is 0 Å². The number of nitrogens with zero attached hydrogens (tertiary/aromatic N) is 3. The minimum Gasteiger partial charge on any atom is -0.369 e. The number of hydrogen-bond donors (Lipinski definition) is 2. The van der Waals surface area contributed by atoms with E-state index in [4.69, 9.17) is 0 Å². The highest BCUT2D eigenvalue weighted by molar-refractivity contribution is 5.48. The predicted molar refractivity (Wildman–Crippen MR) is 73.4 cm³/mol. The molecule has 1 aromatic heterocycles. The van der Waals surface area contributed by atoms with Crippen LogP contribution in [0, 0.1) is 17.0 Å². The molecule has 0 spiro atoms. The molecule has 7 heteroatoms. The molecule has 1 aromatic rings. The average molecular weight is 265 g/mol. The first-order chi connectivity index (χ1) is 9.16. The number of pyridine rings is 1. The van der Waals surface area contributed by atoms with Crippen molar-refractivity contribution in [2.45, 2.75) is 6.92 Å². The van der Waals surface area contributed by atoms with Gasteiger partial charge in [0, 0.05) is 51.0 Å². The van der Waals surface area contributed by atoms with Crippen LogP contribution in [0.4, 0.5) is 11.5 Å². The molecule has 0 unspecified atom stereocenters. The van der Waals surface area contributed by atoms with E-state index in [1.54, 1.807) is 6.92 Å². The summed E-state index contributed by atoms with van der Waals surface area (Å²) in [6.07, 6.45) is 1.53. The number of rotatable bonds is 5. The zero-order valence-electron chi connectivity index (χ0n) is 11.1. The number of aryl methyl sites for hydroxylation is 1. The van der Waals surface area contributed by atoms with Crippen molar-refractivity contribution in [3.05, 3.63) is 27.9 Å². The predicted octanol–water partition coefficient (Wildman–Crippen LogP) is 0.615. The van der Waals surface area contributed by atoms with Gasteiger partial charge in [0.2, 0.25) is 0 Å². The van der Waals surface area contributed by atoms with Gasteiger partial charge >= 0.3 is 0 Å². The fraction of sp³-hybridized carbons (Fsp3) is 0.583. The highest BCUT2D eigenvalue weighted by atomic mass is 16.6. The SMILES string of the molecule is Cc1cnc(NCCN2CCNCC2)cc1[N+](=O)[O-]. The molecular weight excluding hydrogens is 246 g/mol. The van der Waals surface area contributed by atoms with Crippen LogP contribution in [0.25, 0.3) is 0 Å². The lowest BCUT2D eigenvalue weighted by Crippen LogP contribution is -2.45. The third kappa shape index (κ3) is 3.87. The van der Waals surface area contributed by atoms with Gasteiger partial charge in [-0.25, -0.2) is 4.98 Å². The minimum absolute atomic E-state index is 0.111. The number of piperazine rings is 1. The second kappa shape index (κ2) is 6.44. The summed E-state index contributed by atoms with van der Waals surface area (Å²) in [7, 11) is 0. The van der Waals surface area contributed by atoms with Crippen molar-refractivity contribution in [3.63, 3.8) is 0 Å². The van der Waals surface area contributed by atoms with Crippen molar-refractivity contribution in [2.24, 2.45) is 0 Å². The molecule has 0 saturated carbocycles. The molecule has 104 valence electrons. The summed E-state index contributed by atoms with van der Waals surface area (Å²) in [5, 5.41) is 17.3. The van der Waals surface area contributed by atoms with Crippen LogP contribution in [-0.4, -0.2) is 54.1 Å². The van der Waals surface area contributed by atoms with E-state index in [1.807, 2.05) is 0 Å². The third-order valence-electron chi connectivity index (χ3n) is 3.22. The van der Waals surface area contributed by atoms with E-state index < -0.39 is 0 Å². The summed E-state index contributed by atoms with van der Waals surface area (Å²) in [6.45, 7) is 7.49. The molecule has 19 heavy (non-hydrogen) atoms. The molecule has 0 aromatic carbocycles. The van der Waals surface area contributed by atoms with Gasteiger partial charge in [0.15, 0.2) is 0 Å². The van der Waals surface area contributed by atoms with Crippen LogP contribution in [0.2, 0.25) is 0 Å². The van der Waals surface area contributed by atoms with E-state index in [1.165, 1.54) is 12.3 Å². The van der Waals surface area contributed by atoms with E-state index in [0.717, 1.165) is 39.3 Å². The van der Waals surface area contributed by atoms with Crippen molar-refractivity contribution in [1.29, 1.82) is 0 Å². The second-order valence-electron chi connectivity index (χ2n) is 4.63. The maximum absolute atomic E-state index is 10.8. The normalized spacial score (nSPS) is 16.3. The summed E-state index contributed by atoms with van der Waals surface area (Å²) in [5.41, 5.74) is 0.692. The molecule has 2 N–H and O–H groups in total. The molecule has 0 aliphatic carbocycles. The van der Waals surface area contributed by atoms with Crippen molar-refractivity contribution in [3.8, 4) is 0 Å². The van der Waals surface area contributed by atoms with Gasteiger partial charge in [0.1, 0.15) is 5.82 Å². The Morgan fingerprint density at radius 3 is 2.95 bits per heavy atom. The van der Waals surface area contributed by atoms with Crippen LogP contribution < -0.4 is 10.6 Å². The van der Waals surface area contributed by atoms with Crippen LogP contribution in [0.5, 0.6) is 0 Å². The Morgan fingerprint density at radius 2 is 2.26 bits per heavy atom. The Morgan fingerprint density at radius 1 is 1.53 bits per heavy atom. The Balaban J connectivity index is 1.85. The van der Waals surface area contributed by atoms with Gasteiger partial charge in [-0.2, -0.15) is 0 Å². The van der Waals surface area contributed by atoms with Crippen molar-refractivity contribution in [2.75, 3.05) is 44.6 Å². The molecule has 7 nitrogen and oxygen atoms in total. The Kier molecular flexibility index (Phi) is 4.64. The van der Waals surface area contributed by atoms with Gasteiger partial charge in [-0.05, 0) is 6.92 Å². The molecule has 0 bridgehead atoms. The number of nitro groups is 1. The van der Waals surface area contributed by atoms with Crippen molar-refractivity contribution >= 4 is 11.5 Å². The monoisotopic (exact) mass is 265 g/mol. The van der Waals surface area contributed by atoms with Gasteiger partial charge in [0.25, 0.3) is 5.69 Å². The molecule has 1 fully saturated rings. The van der Waals surface area contributed by atoms with Crippen LogP contribution in [0.3, 0.4) is 0 Å².